The van der Waals surface area contributed by atoms with Gasteiger partial charge in [0, 0.05) is 0 Å². The van der Waals surface area contributed by atoms with Crippen LogP contribution in [0.25, 0.3) is 0 Å². The molecule has 0 atom stereocenters. The predicted octanol–water partition coefficient (Wildman–Crippen LogP) is 4.06. The van der Waals surface area contributed by atoms with Crippen molar-refractivity contribution in [3.8, 4) is 0 Å². The first-order valence-corrected chi connectivity index (χ1v) is 9.88. The van der Waals surface area contributed by atoms with Gasteiger partial charge in [-0.3, -0.25) is 0 Å². The van der Waals surface area contributed by atoms with Gasteiger partial charge >= 0.3 is 143 Å². The summed E-state index contributed by atoms with van der Waals surface area (Å²) < 4.78 is 0.929. The Morgan fingerprint density at radius 3 is 2.57 bits per heavy atom. The number of nitrogens with zero attached hydrogens (tertiary/aromatic N) is 1. The van der Waals surface area contributed by atoms with Crippen molar-refractivity contribution in [2.24, 2.45) is 0 Å². The van der Waals surface area contributed by atoms with Gasteiger partial charge < -0.3 is 0 Å². The number of nitro groups is 1. The maximum atomic E-state index is 11.3. The van der Waals surface area contributed by atoms with E-state index in [1.807, 2.05) is 18.2 Å². The number of anilines is 1. The molecule has 4 nitrogen and oxygen atoms in total. The molecule has 5 heteroatoms. The monoisotopic (exact) mass is 378 g/mol. The molecule has 0 fully saturated rings. The Morgan fingerprint density at radius 1 is 1.17 bits per heavy atom. The van der Waals surface area contributed by atoms with E-state index in [0.29, 0.717) is 6.54 Å². The molecule has 0 spiro atoms. The quantitative estimate of drug-likeness (QED) is 0.327. The van der Waals surface area contributed by atoms with Crippen LogP contribution in [0.15, 0.2) is 42.5 Å². The summed E-state index contributed by atoms with van der Waals surface area (Å²) in [6.45, 7) is 4.82. The van der Waals surface area contributed by atoms with Crippen LogP contribution in [-0.2, 0) is 6.54 Å². The van der Waals surface area contributed by atoms with Crippen LogP contribution in [0.3, 0.4) is 0 Å². The first-order chi connectivity index (χ1) is 11.1. The Morgan fingerprint density at radius 2 is 1.91 bits per heavy atom. The van der Waals surface area contributed by atoms with Gasteiger partial charge in [-0.1, -0.05) is 0 Å². The number of aryl methyl sites for hydroxylation is 1. The molecular formula is C18H22N2O2Se. The second-order valence-corrected chi connectivity index (χ2v) is 7.76. The third kappa shape index (κ3) is 5.08. The summed E-state index contributed by atoms with van der Waals surface area (Å²) in [6.07, 6.45) is 2.25. The maximum absolute atomic E-state index is 11.3. The molecule has 0 aliphatic rings. The van der Waals surface area contributed by atoms with E-state index in [4.69, 9.17) is 0 Å². The van der Waals surface area contributed by atoms with Gasteiger partial charge in [-0.15, -0.1) is 0 Å². The zero-order chi connectivity index (χ0) is 16.7. The van der Waals surface area contributed by atoms with Crippen LogP contribution in [0.5, 0.6) is 0 Å². The van der Waals surface area contributed by atoms with Crippen LogP contribution in [0, 0.1) is 17.0 Å². The van der Waals surface area contributed by atoms with E-state index in [0.717, 1.165) is 33.9 Å². The Labute approximate surface area is 143 Å². The number of benzene rings is 2. The van der Waals surface area contributed by atoms with E-state index >= 15 is 0 Å². The van der Waals surface area contributed by atoms with E-state index in [9.17, 15) is 10.1 Å². The van der Waals surface area contributed by atoms with Crippen LogP contribution >= 0.6 is 0 Å². The van der Waals surface area contributed by atoms with Crippen molar-refractivity contribution in [1.29, 1.82) is 0 Å². The molecule has 122 valence electrons. The van der Waals surface area contributed by atoms with Gasteiger partial charge in [-0.05, 0) is 0 Å². The SMILES string of the molecule is CCCC[Se]c1c(CNc2ccc(C)cc2)cccc1[N+](=O)[O-]. The fourth-order valence-corrected chi connectivity index (χ4v) is 4.84. The molecule has 0 aliphatic carbocycles. The zero-order valence-electron chi connectivity index (χ0n) is 13.5. The number of nitro benzene ring substituents is 1. The number of unbranched alkanes of at least 4 members (excludes halogenated alkanes) is 1. The van der Waals surface area contributed by atoms with E-state index in [-0.39, 0.29) is 25.6 Å². The summed E-state index contributed by atoms with van der Waals surface area (Å²) in [5, 5.41) is 15.7. The van der Waals surface area contributed by atoms with Gasteiger partial charge in [0.25, 0.3) is 0 Å². The minimum atomic E-state index is -0.252. The Balaban J connectivity index is 2.17. The summed E-state index contributed by atoms with van der Waals surface area (Å²) in [6, 6.07) is 13.6. The Bertz CT molecular complexity index is 657. The van der Waals surface area contributed by atoms with Crippen LogP contribution in [-0.4, -0.2) is 19.9 Å². The van der Waals surface area contributed by atoms with Gasteiger partial charge in [0.05, 0.1) is 0 Å². The fraction of sp³-hybridized carbons (Fsp3) is 0.333. The molecule has 0 saturated carbocycles. The normalized spacial score (nSPS) is 10.5. The molecular weight excluding hydrogens is 355 g/mol. The second kappa shape index (κ2) is 8.70. The van der Waals surface area contributed by atoms with E-state index < -0.39 is 0 Å². The van der Waals surface area contributed by atoms with Gasteiger partial charge in [0.2, 0.25) is 0 Å². The molecule has 0 amide bonds. The summed E-state index contributed by atoms with van der Waals surface area (Å²) in [5.41, 5.74) is 3.56. The van der Waals surface area contributed by atoms with Crippen LogP contribution < -0.4 is 9.78 Å². The number of hydrogen-bond donors (Lipinski definition) is 1. The van der Waals surface area contributed by atoms with Crippen molar-refractivity contribution in [3.05, 3.63) is 63.7 Å². The number of hydrogen-bond acceptors (Lipinski definition) is 3. The molecule has 2 aromatic rings. The van der Waals surface area contributed by atoms with Crippen molar-refractivity contribution < 1.29 is 4.92 Å². The average molecular weight is 377 g/mol. The number of nitrogens with one attached hydrogen (secondary N) is 1. The molecule has 23 heavy (non-hydrogen) atoms. The summed E-state index contributed by atoms with van der Waals surface area (Å²) >= 11 is 0.143. The van der Waals surface area contributed by atoms with Crippen molar-refractivity contribution in [2.75, 3.05) is 5.32 Å². The summed E-state index contributed by atoms with van der Waals surface area (Å²) in [5.74, 6) is 0. The zero-order valence-corrected chi connectivity index (χ0v) is 15.3. The van der Waals surface area contributed by atoms with Crippen molar-refractivity contribution in [3.63, 3.8) is 0 Å². The topological polar surface area (TPSA) is 55.2 Å². The molecule has 0 radical (unpaired) electrons. The van der Waals surface area contributed by atoms with Crippen LogP contribution in [0.2, 0.25) is 5.32 Å². The van der Waals surface area contributed by atoms with Crippen LogP contribution in [0.1, 0.15) is 30.9 Å². The fourth-order valence-electron chi connectivity index (χ4n) is 2.21. The molecule has 0 aromatic heterocycles. The Hall–Kier alpha value is -1.84. The van der Waals surface area contributed by atoms with E-state index in [2.05, 4.69) is 31.3 Å². The Kier molecular flexibility index (Phi) is 6.63. The van der Waals surface area contributed by atoms with Gasteiger partial charge in [0.1, 0.15) is 0 Å². The summed E-state index contributed by atoms with van der Waals surface area (Å²) in [4.78, 5) is 11.1. The van der Waals surface area contributed by atoms with E-state index in [1.54, 1.807) is 12.1 Å². The molecule has 0 saturated heterocycles. The average Bonchev–Trinajstić information content (AvgIpc) is 2.55. The predicted molar refractivity (Wildman–Crippen MR) is 96.7 cm³/mol. The number of rotatable bonds is 8. The molecule has 0 unspecified atom stereocenters. The molecule has 1 N–H and O–H groups in total. The first kappa shape index (κ1) is 17.5. The van der Waals surface area contributed by atoms with Gasteiger partial charge in [-0.2, -0.15) is 0 Å². The van der Waals surface area contributed by atoms with Crippen molar-refractivity contribution >= 4 is 30.8 Å². The first-order valence-electron chi connectivity index (χ1n) is 7.81. The van der Waals surface area contributed by atoms with Crippen molar-refractivity contribution in [1.82, 2.24) is 0 Å². The van der Waals surface area contributed by atoms with E-state index in [1.165, 1.54) is 5.56 Å². The van der Waals surface area contributed by atoms with Gasteiger partial charge in [-0.25, -0.2) is 0 Å². The van der Waals surface area contributed by atoms with Crippen LogP contribution in [0.4, 0.5) is 11.4 Å². The summed E-state index contributed by atoms with van der Waals surface area (Å²) in [7, 11) is 0. The molecule has 0 bridgehead atoms. The van der Waals surface area contributed by atoms with Gasteiger partial charge in [0.15, 0.2) is 0 Å². The van der Waals surface area contributed by atoms with Crippen molar-refractivity contribution in [2.45, 2.75) is 38.6 Å². The molecule has 2 aromatic carbocycles. The third-order valence-electron chi connectivity index (χ3n) is 3.55. The minimum absolute atomic E-state index is 0.143. The second-order valence-electron chi connectivity index (χ2n) is 5.44. The molecule has 0 heterocycles. The third-order valence-corrected chi connectivity index (χ3v) is 6.18. The standard InChI is InChI=1S/C18H22N2O2Se/c1-3-4-12-23-18-15(6-5-7-17(18)20(21)22)13-19-16-10-8-14(2)9-11-16/h5-11,19H,3-4,12-13H2,1-2H3. The molecule has 2 rings (SSSR count). The molecule has 0 aliphatic heterocycles.